The van der Waals surface area contributed by atoms with Crippen molar-refractivity contribution < 1.29 is 9.84 Å². The molecule has 1 saturated heterocycles. The summed E-state index contributed by atoms with van der Waals surface area (Å²) in [5.74, 6) is 0.584. The van der Waals surface area contributed by atoms with E-state index in [4.69, 9.17) is 4.74 Å². The van der Waals surface area contributed by atoms with E-state index < -0.39 is 17.4 Å². The number of H-pyrrole nitrogens is 1. The number of aryl methyl sites for hydroxylation is 1. The minimum absolute atomic E-state index is 0.110. The summed E-state index contributed by atoms with van der Waals surface area (Å²) in [7, 11) is 1.57. The molecule has 10 heteroatoms. The Morgan fingerprint density at radius 1 is 1.32 bits per heavy atom. The number of nitrogens with zero attached hydrogens (tertiary/aromatic N) is 5. The van der Waals surface area contributed by atoms with E-state index in [2.05, 4.69) is 33.3 Å². The monoisotopic (exact) mass is 392 g/mol. The second-order valence-electron chi connectivity index (χ2n) is 6.91. The Balaban J connectivity index is 2.00. The highest BCUT2D eigenvalue weighted by Gasteiger charge is 2.25. The van der Waals surface area contributed by atoms with Gasteiger partial charge in [0.05, 0.1) is 25.9 Å². The van der Waals surface area contributed by atoms with Gasteiger partial charge in [-0.05, 0) is 6.54 Å². The summed E-state index contributed by atoms with van der Waals surface area (Å²) in [6.45, 7) is 10.6. The molecular formula is C18H28N6O4. The Labute approximate surface area is 162 Å². The molecule has 3 rings (SSSR count). The molecule has 3 heterocycles. The van der Waals surface area contributed by atoms with Crippen LogP contribution in [0.2, 0.25) is 0 Å². The maximum absolute atomic E-state index is 12.5. The van der Waals surface area contributed by atoms with Crippen molar-refractivity contribution in [1.82, 2.24) is 24.0 Å². The summed E-state index contributed by atoms with van der Waals surface area (Å²) in [6, 6.07) is 0. The average molecular weight is 392 g/mol. The first-order chi connectivity index (χ1) is 13.5. The molecule has 1 aliphatic rings. The average Bonchev–Trinajstić information content (AvgIpc) is 3.06. The van der Waals surface area contributed by atoms with Gasteiger partial charge in [-0.1, -0.05) is 13.0 Å². The van der Waals surface area contributed by atoms with Crippen molar-refractivity contribution in [3.63, 3.8) is 0 Å². The number of piperazine rings is 1. The van der Waals surface area contributed by atoms with Crippen LogP contribution < -0.4 is 16.1 Å². The summed E-state index contributed by atoms with van der Waals surface area (Å²) in [6.07, 6.45) is 0.781. The first kappa shape index (κ1) is 20.3. The molecule has 10 nitrogen and oxygen atoms in total. The molecule has 0 aliphatic carbocycles. The van der Waals surface area contributed by atoms with Gasteiger partial charge in [-0.2, -0.15) is 4.98 Å². The van der Waals surface area contributed by atoms with E-state index in [1.807, 2.05) is 0 Å². The maximum Gasteiger partial charge on any atom is 0.329 e. The van der Waals surface area contributed by atoms with Crippen molar-refractivity contribution in [2.75, 3.05) is 50.8 Å². The van der Waals surface area contributed by atoms with Gasteiger partial charge in [0, 0.05) is 33.2 Å². The van der Waals surface area contributed by atoms with Crippen LogP contribution in [-0.2, 0) is 18.3 Å². The largest absolute Gasteiger partial charge is 0.389 e. The molecule has 2 N–H and O–H groups in total. The third kappa shape index (κ3) is 4.03. The highest BCUT2D eigenvalue weighted by Crippen LogP contribution is 2.21. The van der Waals surface area contributed by atoms with Gasteiger partial charge < -0.3 is 24.2 Å². The van der Waals surface area contributed by atoms with Gasteiger partial charge in [0.25, 0.3) is 5.56 Å². The van der Waals surface area contributed by atoms with E-state index >= 15 is 0 Å². The fraction of sp³-hybridized carbons (Fsp3) is 0.611. The zero-order chi connectivity index (χ0) is 20.3. The fourth-order valence-electron chi connectivity index (χ4n) is 3.45. The quantitative estimate of drug-likeness (QED) is 0.444. The number of rotatable bonds is 8. The van der Waals surface area contributed by atoms with Crippen LogP contribution in [-0.4, -0.2) is 81.2 Å². The highest BCUT2D eigenvalue weighted by atomic mass is 16.5. The summed E-state index contributed by atoms with van der Waals surface area (Å²) in [5, 5.41) is 10.4. The van der Waals surface area contributed by atoms with E-state index in [1.54, 1.807) is 17.7 Å². The molecule has 28 heavy (non-hydrogen) atoms. The molecule has 1 atom stereocenters. The third-order valence-corrected chi connectivity index (χ3v) is 5.03. The Morgan fingerprint density at radius 3 is 2.68 bits per heavy atom. The second kappa shape index (κ2) is 8.72. The lowest BCUT2D eigenvalue weighted by atomic mass is 10.3. The van der Waals surface area contributed by atoms with E-state index in [1.165, 1.54) is 4.57 Å². The van der Waals surface area contributed by atoms with Crippen molar-refractivity contribution >= 4 is 17.1 Å². The van der Waals surface area contributed by atoms with Gasteiger partial charge in [-0.25, -0.2) is 4.79 Å². The molecule has 0 bridgehead atoms. The maximum atomic E-state index is 12.5. The van der Waals surface area contributed by atoms with Crippen LogP contribution in [0.25, 0.3) is 11.2 Å². The Hall–Kier alpha value is -2.43. The molecule has 2 aromatic heterocycles. The zero-order valence-electron chi connectivity index (χ0n) is 16.4. The van der Waals surface area contributed by atoms with E-state index in [9.17, 15) is 14.7 Å². The van der Waals surface area contributed by atoms with Gasteiger partial charge in [-0.3, -0.25) is 14.3 Å². The number of hydrogen-bond acceptors (Lipinski definition) is 7. The van der Waals surface area contributed by atoms with Crippen LogP contribution in [0, 0.1) is 0 Å². The van der Waals surface area contributed by atoms with Gasteiger partial charge in [0.2, 0.25) is 5.95 Å². The van der Waals surface area contributed by atoms with Crippen LogP contribution in [0.15, 0.2) is 22.2 Å². The lowest BCUT2D eigenvalue weighted by Gasteiger charge is -2.35. The van der Waals surface area contributed by atoms with Crippen molar-refractivity contribution in [2.45, 2.75) is 19.6 Å². The van der Waals surface area contributed by atoms with Crippen molar-refractivity contribution in [1.29, 1.82) is 0 Å². The first-order valence-corrected chi connectivity index (χ1v) is 9.49. The SMILES string of the molecule is C=CCOCC(O)Cn1c(N2CCN(CC)CC2)nc2c1c(=O)[nH]c(=O)n2C. The number of imidazole rings is 1. The number of nitrogens with one attached hydrogen (secondary N) is 1. The smallest absolute Gasteiger partial charge is 0.329 e. The van der Waals surface area contributed by atoms with Crippen LogP contribution in [0.5, 0.6) is 0 Å². The summed E-state index contributed by atoms with van der Waals surface area (Å²) < 4.78 is 8.34. The Bertz CT molecular complexity index is 938. The van der Waals surface area contributed by atoms with Gasteiger partial charge in [-0.15, -0.1) is 6.58 Å². The number of aliphatic hydroxyl groups excluding tert-OH is 1. The standard InChI is InChI=1S/C18H28N6O4/c1-4-10-28-12-13(25)11-24-14-15(21(3)18(27)20-16(14)26)19-17(24)23-8-6-22(5-2)7-9-23/h4,13,25H,1,5-12H2,2-3H3,(H,20,26,27). The van der Waals surface area contributed by atoms with Crippen LogP contribution in [0.3, 0.4) is 0 Å². The lowest BCUT2D eigenvalue weighted by molar-refractivity contribution is 0.0404. The zero-order valence-corrected chi connectivity index (χ0v) is 16.4. The van der Waals surface area contributed by atoms with Gasteiger partial charge >= 0.3 is 5.69 Å². The van der Waals surface area contributed by atoms with Gasteiger partial charge in [0.1, 0.15) is 0 Å². The minimum Gasteiger partial charge on any atom is -0.389 e. The fourth-order valence-corrected chi connectivity index (χ4v) is 3.45. The summed E-state index contributed by atoms with van der Waals surface area (Å²) >= 11 is 0. The molecule has 0 saturated carbocycles. The van der Waals surface area contributed by atoms with E-state index in [0.717, 1.165) is 32.7 Å². The van der Waals surface area contributed by atoms with Crippen LogP contribution in [0.4, 0.5) is 5.95 Å². The van der Waals surface area contributed by atoms with Crippen molar-refractivity contribution in [2.24, 2.45) is 7.05 Å². The number of hydrogen-bond donors (Lipinski definition) is 2. The molecule has 1 unspecified atom stereocenters. The number of ether oxygens (including phenoxy) is 1. The predicted octanol–water partition coefficient (Wildman–Crippen LogP) is -0.871. The second-order valence-corrected chi connectivity index (χ2v) is 6.91. The lowest BCUT2D eigenvalue weighted by Crippen LogP contribution is -2.47. The van der Waals surface area contributed by atoms with E-state index in [-0.39, 0.29) is 18.7 Å². The minimum atomic E-state index is -0.829. The summed E-state index contributed by atoms with van der Waals surface area (Å²) in [4.78, 5) is 35.9. The van der Waals surface area contributed by atoms with Crippen LogP contribution in [0.1, 0.15) is 6.92 Å². The number of aliphatic hydroxyl groups is 1. The number of anilines is 1. The van der Waals surface area contributed by atoms with E-state index in [0.29, 0.717) is 18.2 Å². The molecular weight excluding hydrogens is 364 g/mol. The van der Waals surface area contributed by atoms with Crippen molar-refractivity contribution in [3.05, 3.63) is 33.5 Å². The molecule has 2 aromatic rings. The number of aromatic nitrogens is 4. The molecule has 0 radical (unpaired) electrons. The van der Waals surface area contributed by atoms with Crippen LogP contribution >= 0.6 is 0 Å². The molecule has 1 fully saturated rings. The molecule has 0 spiro atoms. The topological polar surface area (TPSA) is 109 Å². The Kier molecular flexibility index (Phi) is 6.32. The highest BCUT2D eigenvalue weighted by molar-refractivity contribution is 5.74. The normalized spacial score (nSPS) is 16.6. The molecule has 0 aromatic carbocycles. The van der Waals surface area contributed by atoms with Gasteiger partial charge in [0.15, 0.2) is 11.2 Å². The Morgan fingerprint density at radius 2 is 2.04 bits per heavy atom. The first-order valence-electron chi connectivity index (χ1n) is 9.49. The number of likely N-dealkylation sites (N-methyl/N-ethyl adjacent to an activating group) is 1. The number of aromatic amines is 1. The molecule has 1 aliphatic heterocycles. The third-order valence-electron chi connectivity index (χ3n) is 5.03. The summed E-state index contributed by atoms with van der Waals surface area (Å²) in [5.41, 5.74) is -0.443. The van der Waals surface area contributed by atoms with Crippen molar-refractivity contribution in [3.8, 4) is 0 Å². The number of fused-ring (bicyclic) bond motifs is 1. The molecule has 0 amide bonds. The predicted molar refractivity (Wildman–Crippen MR) is 107 cm³/mol. The molecule has 154 valence electrons.